The van der Waals surface area contributed by atoms with Crippen LogP contribution in [0, 0.1) is 0 Å². The zero-order valence-corrected chi connectivity index (χ0v) is 16.2. The maximum absolute atomic E-state index is 9.60. The van der Waals surface area contributed by atoms with E-state index in [1.54, 1.807) is 0 Å². The van der Waals surface area contributed by atoms with Crippen molar-refractivity contribution in [2.24, 2.45) is 0 Å². The first kappa shape index (κ1) is 21.6. The lowest BCUT2D eigenvalue weighted by Gasteiger charge is -2.31. The predicted octanol–water partition coefficient (Wildman–Crippen LogP) is 5.45. The molecule has 0 spiro atoms. The molecule has 4 nitrogen and oxygen atoms in total. The topological polar surface area (TPSA) is 55.8 Å². The molecule has 140 valence electrons. The van der Waals surface area contributed by atoms with Gasteiger partial charge in [0.05, 0.1) is 0 Å². The van der Waals surface area contributed by atoms with E-state index in [0.29, 0.717) is 0 Å². The molecule has 0 heterocycles. The quantitative estimate of drug-likeness (QED) is 0.425. The molecule has 2 aromatic carbocycles. The molecule has 0 amide bonds. The second-order valence-electron chi connectivity index (χ2n) is 7.00. The first-order valence-corrected chi connectivity index (χ1v) is 8.43. The van der Waals surface area contributed by atoms with Gasteiger partial charge in [-0.15, -0.1) is 0 Å². The van der Waals surface area contributed by atoms with Gasteiger partial charge in [0.15, 0.2) is 0 Å². The predicted molar refractivity (Wildman–Crippen MR) is 104 cm³/mol. The molecule has 0 fully saturated rings. The van der Waals surface area contributed by atoms with Crippen LogP contribution in [0.15, 0.2) is 72.8 Å². The molecule has 2 rings (SSSR count). The molecule has 0 aliphatic heterocycles. The number of carbonyl (C=O) groups is 1. The Bertz CT molecular complexity index is 640. The Morgan fingerprint density at radius 1 is 0.808 bits per heavy atom. The molecule has 0 atom stereocenters. The van der Waals surface area contributed by atoms with Crippen molar-refractivity contribution in [3.8, 4) is 0 Å². The van der Waals surface area contributed by atoms with E-state index >= 15 is 0 Å². The van der Waals surface area contributed by atoms with Crippen molar-refractivity contribution in [1.29, 1.82) is 0 Å². The number of hydrogen-bond acceptors (Lipinski definition) is 3. The Morgan fingerprint density at radius 2 is 1.08 bits per heavy atom. The minimum absolute atomic E-state index is 0.176. The van der Waals surface area contributed by atoms with E-state index in [0.717, 1.165) is 11.1 Å². The summed E-state index contributed by atoms with van der Waals surface area (Å²) in [4.78, 5) is 21.1. The van der Waals surface area contributed by atoms with Crippen molar-refractivity contribution < 1.29 is 19.7 Å². The SMILES string of the molecule is C=C(C)C(=O)O.CC(C)(OOC(C)(C)c1ccccc1)c1ccccc1. The summed E-state index contributed by atoms with van der Waals surface area (Å²) < 4.78 is 0. The third kappa shape index (κ3) is 6.82. The summed E-state index contributed by atoms with van der Waals surface area (Å²) >= 11 is 0. The summed E-state index contributed by atoms with van der Waals surface area (Å²) in [6.45, 7) is 12.6. The molecule has 0 saturated heterocycles. The highest BCUT2D eigenvalue weighted by molar-refractivity contribution is 5.84. The van der Waals surface area contributed by atoms with Crippen molar-refractivity contribution in [3.63, 3.8) is 0 Å². The second kappa shape index (κ2) is 9.32. The minimum Gasteiger partial charge on any atom is -0.478 e. The van der Waals surface area contributed by atoms with Gasteiger partial charge in [-0.3, -0.25) is 0 Å². The zero-order valence-electron chi connectivity index (χ0n) is 16.2. The van der Waals surface area contributed by atoms with Gasteiger partial charge in [-0.2, -0.15) is 0 Å². The Hall–Kier alpha value is -2.43. The van der Waals surface area contributed by atoms with Gasteiger partial charge < -0.3 is 5.11 Å². The lowest BCUT2D eigenvalue weighted by molar-refractivity contribution is -0.410. The highest BCUT2D eigenvalue weighted by atomic mass is 17.2. The van der Waals surface area contributed by atoms with E-state index < -0.39 is 17.2 Å². The average molecular weight is 356 g/mol. The van der Waals surface area contributed by atoms with Crippen LogP contribution in [-0.2, 0) is 25.8 Å². The van der Waals surface area contributed by atoms with Crippen molar-refractivity contribution in [3.05, 3.63) is 83.9 Å². The Balaban J connectivity index is 0.000000487. The van der Waals surface area contributed by atoms with Crippen LogP contribution in [0.5, 0.6) is 0 Å². The zero-order chi connectivity index (χ0) is 19.8. The number of carboxylic acid groups (broad SMARTS) is 1. The minimum atomic E-state index is -0.935. The maximum atomic E-state index is 9.60. The highest BCUT2D eigenvalue weighted by Gasteiger charge is 2.29. The summed E-state index contributed by atoms with van der Waals surface area (Å²) in [7, 11) is 0. The summed E-state index contributed by atoms with van der Waals surface area (Å²) in [6, 6.07) is 20.2. The van der Waals surface area contributed by atoms with Gasteiger partial charge in [0.1, 0.15) is 11.2 Å². The molecule has 0 aliphatic rings. The van der Waals surface area contributed by atoms with Gasteiger partial charge in [0.2, 0.25) is 0 Å². The van der Waals surface area contributed by atoms with Crippen molar-refractivity contribution >= 4 is 5.97 Å². The highest BCUT2D eigenvalue weighted by Crippen LogP contribution is 2.31. The van der Waals surface area contributed by atoms with Gasteiger partial charge in [0.25, 0.3) is 0 Å². The third-order valence-electron chi connectivity index (χ3n) is 3.76. The molecule has 0 aliphatic carbocycles. The molecule has 0 saturated carbocycles. The van der Waals surface area contributed by atoms with Crippen LogP contribution in [-0.4, -0.2) is 11.1 Å². The van der Waals surface area contributed by atoms with Gasteiger partial charge in [-0.25, -0.2) is 14.6 Å². The lowest BCUT2D eigenvalue weighted by atomic mass is 9.98. The largest absolute Gasteiger partial charge is 0.478 e. The smallest absolute Gasteiger partial charge is 0.330 e. The first-order chi connectivity index (χ1) is 12.1. The maximum Gasteiger partial charge on any atom is 0.330 e. The van der Waals surface area contributed by atoms with Crippen molar-refractivity contribution in [1.82, 2.24) is 0 Å². The van der Waals surface area contributed by atoms with E-state index in [2.05, 4.69) is 6.58 Å². The van der Waals surface area contributed by atoms with E-state index in [9.17, 15) is 4.79 Å². The summed E-state index contributed by atoms with van der Waals surface area (Å²) in [5.41, 5.74) is 1.36. The van der Waals surface area contributed by atoms with Crippen LogP contribution in [0.2, 0.25) is 0 Å². The van der Waals surface area contributed by atoms with Crippen LogP contribution in [0.25, 0.3) is 0 Å². The number of hydrogen-bond donors (Lipinski definition) is 1. The lowest BCUT2D eigenvalue weighted by Crippen LogP contribution is -2.29. The molecule has 26 heavy (non-hydrogen) atoms. The molecule has 1 N–H and O–H groups in total. The van der Waals surface area contributed by atoms with Crippen LogP contribution >= 0.6 is 0 Å². The van der Waals surface area contributed by atoms with Crippen molar-refractivity contribution in [2.75, 3.05) is 0 Å². The summed E-state index contributed by atoms with van der Waals surface area (Å²) in [5.74, 6) is -0.935. The van der Waals surface area contributed by atoms with Crippen molar-refractivity contribution in [2.45, 2.75) is 45.8 Å². The molecule has 0 aromatic heterocycles. The van der Waals surface area contributed by atoms with Gasteiger partial charge in [-0.05, 0) is 45.7 Å². The fourth-order valence-electron chi connectivity index (χ4n) is 1.98. The summed E-state index contributed by atoms with van der Waals surface area (Å²) in [6.07, 6.45) is 0. The summed E-state index contributed by atoms with van der Waals surface area (Å²) in [5, 5.41) is 7.89. The average Bonchev–Trinajstić information content (AvgIpc) is 2.62. The van der Waals surface area contributed by atoms with E-state index in [-0.39, 0.29) is 5.57 Å². The monoisotopic (exact) mass is 356 g/mol. The molecular weight excluding hydrogens is 328 g/mol. The van der Waals surface area contributed by atoms with E-state index in [4.69, 9.17) is 14.9 Å². The Kier molecular flexibility index (Phi) is 7.75. The van der Waals surface area contributed by atoms with E-state index in [1.807, 2.05) is 88.4 Å². The standard InChI is InChI=1S/C18H22O2.C4H6O2/c1-17(2,15-11-7-5-8-12-15)19-20-18(3,4)16-13-9-6-10-14-16;1-3(2)4(5)6/h5-14H,1-4H3;1H2,2H3,(H,5,6). The van der Waals surface area contributed by atoms with E-state index in [1.165, 1.54) is 6.92 Å². The fraction of sp³-hybridized carbons (Fsp3) is 0.318. The van der Waals surface area contributed by atoms with Crippen LogP contribution in [0.1, 0.15) is 45.7 Å². The Morgan fingerprint density at radius 3 is 1.31 bits per heavy atom. The molecule has 0 bridgehead atoms. The number of carboxylic acids is 1. The fourth-order valence-corrected chi connectivity index (χ4v) is 1.98. The number of benzene rings is 2. The van der Waals surface area contributed by atoms with Gasteiger partial charge >= 0.3 is 5.97 Å². The van der Waals surface area contributed by atoms with Gasteiger partial charge in [0, 0.05) is 5.57 Å². The second-order valence-corrected chi connectivity index (χ2v) is 7.00. The molecule has 4 heteroatoms. The normalized spacial score (nSPS) is 11.3. The number of rotatable bonds is 6. The van der Waals surface area contributed by atoms with Gasteiger partial charge in [-0.1, -0.05) is 67.2 Å². The first-order valence-electron chi connectivity index (χ1n) is 8.43. The third-order valence-corrected chi connectivity index (χ3v) is 3.76. The van der Waals surface area contributed by atoms with Crippen LogP contribution in [0.3, 0.4) is 0 Å². The van der Waals surface area contributed by atoms with Crippen LogP contribution < -0.4 is 0 Å². The molecule has 2 aromatic rings. The number of aliphatic carboxylic acids is 1. The Labute approximate surface area is 156 Å². The molecular formula is C22H28O4. The molecule has 0 unspecified atom stereocenters. The van der Waals surface area contributed by atoms with Crippen LogP contribution in [0.4, 0.5) is 0 Å². The molecule has 0 radical (unpaired) electrons.